The second kappa shape index (κ2) is 6.13. The molecule has 0 saturated heterocycles. The van der Waals surface area contributed by atoms with Crippen LogP contribution in [-0.4, -0.2) is 18.0 Å². The van der Waals surface area contributed by atoms with Crippen molar-refractivity contribution in [2.24, 2.45) is 5.92 Å². The van der Waals surface area contributed by atoms with Crippen molar-refractivity contribution in [3.8, 4) is 5.88 Å². The van der Waals surface area contributed by atoms with Gasteiger partial charge in [-0.25, -0.2) is 9.37 Å². The second-order valence-corrected chi connectivity index (χ2v) is 5.39. The van der Waals surface area contributed by atoms with Gasteiger partial charge in [0.2, 0.25) is 11.8 Å². The Morgan fingerprint density at radius 3 is 2.86 bits per heavy atom. The van der Waals surface area contributed by atoms with Crippen LogP contribution in [0.5, 0.6) is 5.88 Å². The topological polar surface area (TPSA) is 51.2 Å². The number of carbonyl (C=O) groups is 1. The smallest absolute Gasteiger partial charge is 0.224 e. The summed E-state index contributed by atoms with van der Waals surface area (Å²) >= 11 is 0. The number of ether oxygens (including phenoxy) is 1. The minimum Gasteiger partial charge on any atom is -0.481 e. The van der Waals surface area contributed by atoms with Crippen LogP contribution in [0.3, 0.4) is 0 Å². The minimum atomic E-state index is -0.255. The van der Waals surface area contributed by atoms with Crippen molar-refractivity contribution < 1.29 is 13.9 Å². The molecule has 1 heterocycles. The number of halogens is 1. The predicted octanol–water partition coefficient (Wildman–Crippen LogP) is 2.65. The number of rotatable bonds is 5. The Balaban J connectivity index is 1.56. The van der Waals surface area contributed by atoms with Gasteiger partial charge in [-0.05, 0) is 36.1 Å². The third-order valence-corrected chi connectivity index (χ3v) is 3.92. The zero-order valence-corrected chi connectivity index (χ0v) is 12.3. The zero-order valence-electron chi connectivity index (χ0n) is 12.3. The third kappa shape index (κ3) is 3.08. The van der Waals surface area contributed by atoms with Crippen molar-refractivity contribution in [2.75, 3.05) is 7.11 Å². The van der Waals surface area contributed by atoms with Gasteiger partial charge in [0.15, 0.2) is 0 Å². The van der Waals surface area contributed by atoms with Gasteiger partial charge in [0.1, 0.15) is 5.82 Å². The first kappa shape index (κ1) is 14.5. The molecule has 2 atom stereocenters. The first-order valence-electron chi connectivity index (χ1n) is 7.20. The van der Waals surface area contributed by atoms with Gasteiger partial charge in [-0.15, -0.1) is 0 Å². The quantitative estimate of drug-likeness (QED) is 0.923. The van der Waals surface area contributed by atoms with Gasteiger partial charge in [-0.1, -0.05) is 18.2 Å². The van der Waals surface area contributed by atoms with E-state index in [1.54, 1.807) is 25.4 Å². The molecule has 1 amide bonds. The van der Waals surface area contributed by atoms with Gasteiger partial charge in [0, 0.05) is 24.2 Å². The minimum absolute atomic E-state index is 0.0141. The van der Waals surface area contributed by atoms with Crippen molar-refractivity contribution in [1.29, 1.82) is 0 Å². The van der Waals surface area contributed by atoms with Crippen molar-refractivity contribution in [3.05, 3.63) is 59.5 Å². The van der Waals surface area contributed by atoms with Crippen LogP contribution >= 0.6 is 0 Å². The van der Waals surface area contributed by atoms with Crippen LogP contribution in [0.1, 0.15) is 23.5 Å². The van der Waals surface area contributed by atoms with E-state index in [2.05, 4.69) is 10.3 Å². The SMILES string of the molecule is COc1ncccc1CNC(=O)[C@@H]1C[C@H]1c1ccc(F)cc1. The summed E-state index contributed by atoms with van der Waals surface area (Å²) in [6.07, 6.45) is 2.46. The summed E-state index contributed by atoms with van der Waals surface area (Å²) in [7, 11) is 1.55. The van der Waals surface area contributed by atoms with Crippen molar-refractivity contribution >= 4 is 5.91 Å². The van der Waals surface area contributed by atoms with Crippen LogP contribution in [0.4, 0.5) is 4.39 Å². The standard InChI is InChI=1S/C17H17FN2O2/c1-22-17-12(3-2-8-19-17)10-20-16(21)15-9-14(15)11-4-6-13(18)7-5-11/h2-8,14-15H,9-10H2,1H3,(H,20,21)/t14-,15+/m0/s1. The highest BCUT2D eigenvalue weighted by Crippen LogP contribution is 2.47. The lowest BCUT2D eigenvalue weighted by Crippen LogP contribution is -2.25. The van der Waals surface area contributed by atoms with Crippen molar-refractivity contribution in [3.63, 3.8) is 0 Å². The number of hydrogen-bond acceptors (Lipinski definition) is 3. The summed E-state index contributed by atoms with van der Waals surface area (Å²) < 4.78 is 18.1. The van der Waals surface area contributed by atoms with Gasteiger partial charge in [-0.2, -0.15) is 0 Å². The van der Waals surface area contributed by atoms with Gasteiger partial charge in [0.25, 0.3) is 0 Å². The molecule has 1 aliphatic rings. The molecule has 4 nitrogen and oxygen atoms in total. The average molecular weight is 300 g/mol. The molecular weight excluding hydrogens is 283 g/mol. The maximum absolute atomic E-state index is 12.9. The highest BCUT2D eigenvalue weighted by Gasteiger charge is 2.43. The van der Waals surface area contributed by atoms with Gasteiger partial charge in [-0.3, -0.25) is 4.79 Å². The largest absolute Gasteiger partial charge is 0.481 e. The highest BCUT2D eigenvalue weighted by atomic mass is 19.1. The molecule has 1 aromatic carbocycles. The number of pyridine rings is 1. The fourth-order valence-electron chi connectivity index (χ4n) is 2.62. The number of nitrogens with zero attached hydrogens (tertiary/aromatic N) is 1. The fraction of sp³-hybridized carbons (Fsp3) is 0.294. The summed E-state index contributed by atoms with van der Waals surface area (Å²) in [4.78, 5) is 16.3. The number of benzene rings is 1. The molecule has 2 aromatic rings. The lowest BCUT2D eigenvalue weighted by Gasteiger charge is -2.08. The van der Waals surface area contributed by atoms with Crippen molar-refractivity contribution in [2.45, 2.75) is 18.9 Å². The highest BCUT2D eigenvalue weighted by molar-refractivity contribution is 5.82. The van der Waals surface area contributed by atoms with Crippen LogP contribution in [0.25, 0.3) is 0 Å². The van der Waals surface area contributed by atoms with E-state index in [9.17, 15) is 9.18 Å². The lowest BCUT2D eigenvalue weighted by molar-refractivity contribution is -0.122. The maximum atomic E-state index is 12.9. The Hall–Kier alpha value is -2.43. The lowest BCUT2D eigenvalue weighted by atomic mass is 10.1. The van der Waals surface area contributed by atoms with Gasteiger partial charge < -0.3 is 10.1 Å². The molecule has 3 rings (SSSR count). The zero-order chi connectivity index (χ0) is 15.5. The summed E-state index contributed by atoms with van der Waals surface area (Å²) in [6.45, 7) is 0.391. The molecule has 5 heteroatoms. The van der Waals surface area contributed by atoms with E-state index in [1.807, 2.05) is 12.1 Å². The average Bonchev–Trinajstić information content (AvgIpc) is 3.34. The monoisotopic (exact) mass is 300 g/mol. The molecule has 1 fully saturated rings. The Kier molecular flexibility index (Phi) is 4.04. The molecule has 22 heavy (non-hydrogen) atoms. The summed E-state index contributed by atoms with van der Waals surface area (Å²) in [6, 6.07) is 10.0. The number of hydrogen-bond donors (Lipinski definition) is 1. The van der Waals surface area contributed by atoms with Crippen LogP contribution in [0, 0.1) is 11.7 Å². The predicted molar refractivity (Wildman–Crippen MR) is 79.9 cm³/mol. The van der Waals surface area contributed by atoms with E-state index in [0.717, 1.165) is 17.5 Å². The first-order chi connectivity index (χ1) is 10.7. The molecule has 1 aromatic heterocycles. The Bertz CT molecular complexity index is 673. The number of aromatic nitrogens is 1. The van der Waals surface area contributed by atoms with Crippen LogP contribution in [0.15, 0.2) is 42.6 Å². The van der Waals surface area contributed by atoms with Gasteiger partial charge >= 0.3 is 0 Å². The molecular formula is C17H17FN2O2. The van der Waals surface area contributed by atoms with E-state index in [4.69, 9.17) is 4.74 Å². The molecule has 114 valence electrons. The third-order valence-electron chi connectivity index (χ3n) is 3.92. The number of methoxy groups -OCH3 is 1. The van der Waals surface area contributed by atoms with E-state index >= 15 is 0 Å². The molecule has 1 aliphatic carbocycles. The first-order valence-corrected chi connectivity index (χ1v) is 7.20. The number of carbonyl (C=O) groups excluding carboxylic acids is 1. The second-order valence-electron chi connectivity index (χ2n) is 5.39. The maximum Gasteiger partial charge on any atom is 0.224 e. The molecule has 0 radical (unpaired) electrons. The Morgan fingerprint density at radius 1 is 1.36 bits per heavy atom. The van der Waals surface area contributed by atoms with E-state index in [-0.39, 0.29) is 23.6 Å². The van der Waals surface area contributed by atoms with Crippen LogP contribution in [-0.2, 0) is 11.3 Å². The molecule has 1 saturated carbocycles. The molecule has 1 N–H and O–H groups in total. The summed E-state index contributed by atoms with van der Waals surface area (Å²) in [5, 5.41) is 2.91. The van der Waals surface area contributed by atoms with E-state index < -0.39 is 0 Å². The van der Waals surface area contributed by atoms with Crippen LogP contribution < -0.4 is 10.1 Å². The molecule has 0 aliphatic heterocycles. The van der Waals surface area contributed by atoms with E-state index in [1.165, 1.54) is 12.1 Å². The summed E-state index contributed by atoms with van der Waals surface area (Å²) in [5.41, 5.74) is 1.86. The number of nitrogens with one attached hydrogen (secondary N) is 1. The van der Waals surface area contributed by atoms with E-state index in [0.29, 0.717) is 12.4 Å². The number of amides is 1. The Morgan fingerprint density at radius 2 is 2.14 bits per heavy atom. The summed E-state index contributed by atoms with van der Waals surface area (Å²) in [5.74, 6) is 0.438. The Labute approximate surface area is 128 Å². The molecule has 0 spiro atoms. The fourth-order valence-corrected chi connectivity index (χ4v) is 2.62. The molecule has 0 unspecified atom stereocenters. The van der Waals surface area contributed by atoms with Crippen LogP contribution in [0.2, 0.25) is 0 Å². The molecule has 0 bridgehead atoms. The van der Waals surface area contributed by atoms with Crippen molar-refractivity contribution in [1.82, 2.24) is 10.3 Å². The normalized spacial score (nSPS) is 19.5. The van der Waals surface area contributed by atoms with Gasteiger partial charge in [0.05, 0.1) is 7.11 Å².